The highest BCUT2D eigenvalue weighted by molar-refractivity contribution is 6.07. The lowest BCUT2D eigenvalue weighted by atomic mass is 9.82. The van der Waals surface area contributed by atoms with Crippen molar-refractivity contribution in [2.24, 2.45) is 11.8 Å². The Bertz CT molecular complexity index is 773. The van der Waals surface area contributed by atoms with Crippen LogP contribution in [0.2, 0.25) is 0 Å². The molecule has 7 nitrogen and oxygen atoms in total. The fourth-order valence-electron chi connectivity index (χ4n) is 3.97. The molecule has 28 heavy (non-hydrogen) atoms. The van der Waals surface area contributed by atoms with E-state index in [9.17, 15) is 14.7 Å². The summed E-state index contributed by atoms with van der Waals surface area (Å²) in [6.45, 7) is 3.38. The quantitative estimate of drug-likeness (QED) is 0.552. The third-order valence-corrected chi connectivity index (χ3v) is 5.71. The number of nitrogens with one attached hydrogen (secondary N) is 2. The number of carbonyl (C=O) groups excluding carboxylic acids is 2. The van der Waals surface area contributed by atoms with Gasteiger partial charge in [-0.25, -0.2) is 0 Å². The molecule has 0 bridgehead atoms. The molecular formula is C21H29N3O4. The number of anilines is 2. The van der Waals surface area contributed by atoms with Crippen LogP contribution < -0.4 is 15.5 Å². The van der Waals surface area contributed by atoms with E-state index in [4.69, 9.17) is 5.11 Å². The Balaban J connectivity index is 1.86. The molecule has 1 fully saturated rings. The summed E-state index contributed by atoms with van der Waals surface area (Å²) in [5.74, 6) is -1.01. The topological polar surface area (TPSA) is 102 Å². The van der Waals surface area contributed by atoms with E-state index in [1.54, 1.807) is 44.3 Å². The maximum Gasteiger partial charge on any atom is 0.264 e. The van der Waals surface area contributed by atoms with Gasteiger partial charge in [-0.1, -0.05) is 19.1 Å². The normalized spacial score (nSPS) is 25.8. The summed E-state index contributed by atoms with van der Waals surface area (Å²) < 4.78 is 0. The lowest BCUT2D eigenvalue weighted by molar-refractivity contribution is -0.139. The average Bonchev–Trinajstić information content (AvgIpc) is 2.90. The van der Waals surface area contributed by atoms with Crippen molar-refractivity contribution in [1.82, 2.24) is 5.32 Å². The zero-order chi connectivity index (χ0) is 20.3. The molecule has 7 heteroatoms. The molecule has 4 N–H and O–H groups in total. The molecule has 152 valence electrons. The molecule has 0 spiro atoms. The minimum atomic E-state index is -1.71. The second-order valence-electron chi connectivity index (χ2n) is 7.62. The molecule has 1 aromatic carbocycles. The van der Waals surface area contributed by atoms with Crippen molar-refractivity contribution in [3.63, 3.8) is 0 Å². The summed E-state index contributed by atoms with van der Waals surface area (Å²) >= 11 is 0. The van der Waals surface area contributed by atoms with Gasteiger partial charge in [0.05, 0.1) is 11.6 Å². The molecule has 2 aliphatic heterocycles. The number of rotatable bonds is 6. The first kappa shape index (κ1) is 20.5. The van der Waals surface area contributed by atoms with Gasteiger partial charge in [0.25, 0.3) is 5.91 Å². The minimum absolute atomic E-state index is 0.0122. The van der Waals surface area contributed by atoms with Crippen LogP contribution in [-0.4, -0.2) is 48.8 Å². The monoisotopic (exact) mass is 387 g/mol. The zero-order valence-electron chi connectivity index (χ0n) is 16.4. The van der Waals surface area contributed by atoms with Gasteiger partial charge in [0.15, 0.2) is 5.60 Å². The van der Waals surface area contributed by atoms with Crippen LogP contribution in [0.25, 0.3) is 0 Å². The van der Waals surface area contributed by atoms with Crippen LogP contribution in [0.1, 0.15) is 31.7 Å². The zero-order valence-corrected chi connectivity index (χ0v) is 16.4. The van der Waals surface area contributed by atoms with Gasteiger partial charge in [-0.05, 0) is 44.0 Å². The maximum absolute atomic E-state index is 12.8. The first-order valence-corrected chi connectivity index (χ1v) is 9.83. The standard InChI is InChI=1S/C21H29N3O4/c1-14(6-3-4-11-25)21(28)17-12-16(8-9-18(17)24(2)20(21)27)23-19(26)15-7-5-10-22-13-15/h3,6,8-9,12,14-15,22,25,28H,4-5,7,10-11,13H2,1-2H3,(H,23,26)/b6-3+/t14-,15?,21+/m0/s1. The molecule has 2 amide bonds. The Kier molecular flexibility index (Phi) is 6.17. The number of benzene rings is 1. The van der Waals surface area contributed by atoms with Crippen molar-refractivity contribution in [3.05, 3.63) is 35.9 Å². The molecule has 0 aromatic heterocycles. The van der Waals surface area contributed by atoms with E-state index in [1.807, 2.05) is 0 Å². The number of piperidine rings is 1. The molecule has 2 heterocycles. The van der Waals surface area contributed by atoms with Crippen molar-refractivity contribution in [3.8, 4) is 0 Å². The number of aliphatic hydroxyl groups excluding tert-OH is 1. The molecule has 1 saturated heterocycles. The summed E-state index contributed by atoms with van der Waals surface area (Å²) in [6, 6.07) is 5.21. The predicted molar refractivity (Wildman–Crippen MR) is 108 cm³/mol. The van der Waals surface area contributed by atoms with Crippen LogP contribution in [0.15, 0.2) is 30.4 Å². The van der Waals surface area contributed by atoms with E-state index in [-0.39, 0.29) is 18.4 Å². The highest BCUT2D eigenvalue weighted by Gasteiger charge is 2.51. The van der Waals surface area contributed by atoms with Crippen molar-refractivity contribution in [2.75, 3.05) is 37.0 Å². The molecule has 1 aromatic rings. The predicted octanol–water partition coefficient (Wildman–Crippen LogP) is 1.36. The highest BCUT2D eigenvalue weighted by Crippen LogP contribution is 2.45. The van der Waals surface area contributed by atoms with Gasteiger partial charge in [-0.2, -0.15) is 0 Å². The van der Waals surface area contributed by atoms with Gasteiger partial charge in [0.1, 0.15) is 0 Å². The number of amides is 2. The van der Waals surface area contributed by atoms with Gasteiger partial charge in [-0.3, -0.25) is 9.59 Å². The summed E-state index contributed by atoms with van der Waals surface area (Å²) in [5, 5.41) is 26.4. The summed E-state index contributed by atoms with van der Waals surface area (Å²) in [5.41, 5.74) is -0.0151. The molecular weight excluding hydrogens is 358 g/mol. The number of hydrogen-bond donors (Lipinski definition) is 4. The Labute approximate surface area is 165 Å². The smallest absolute Gasteiger partial charge is 0.264 e. The van der Waals surface area contributed by atoms with Crippen LogP contribution in [0.5, 0.6) is 0 Å². The van der Waals surface area contributed by atoms with E-state index in [2.05, 4.69) is 10.6 Å². The number of nitrogens with zero attached hydrogens (tertiary/aromatic N) is 1. The van der Waals surface area contributed by atoms with Crippen LogP contribution in [0.4, 0.5) is 11.4 Å². The van der Waals surface area contributed by atoms with Crippen molar-refractivity contribution in [2.45, 2.75) is 31.8 Å². The van der Waals surface area contributed by atoms with Gasteiger partial charge >= 0.3 is 0 Å². The largest absolute Gasteiger partial charge is 0.396 e. The lowest BCUT2D eigenvalue weighted by Crippen LogP contribution is -2.43. The molecule has 3 rings (SSSR count). The van der Waals surface area contributed by atoms with E-state index < -0.39 is 17.4 Å². The van der Waals surface area contributed by atoms with E-state index >= 15 is 0 Å². The van der Waals surface area contributed by atoms with Gasteiger partial charge < -0.3 is 25.7 Å². The van der Waals surface area contributed by atoms with Crippen LogP contribution >= 0.6 is 0 Å². The Morgan fingerprint density at radius 2 is 2.29 bits per heavy atom. The van der Waals surface area contributed by atoms with Crippen LogP contribution in [0.3, 0.4) is 0 Å². The average molecular weight is 387 g/mol. The number of hydrogen-bond acceptors (Lipinski definition) is 5. The van der Waals surface area contributed by atoms with Crippen molar-refractivity contribution < 1.29 is 19.8 Å². The Morgan fingerprint density at radius 1 is 1.50 bits per heavy atom. The van der Waals surface area contributed by atoms with Crippen molar-refractivity contribution >= 4 is 23.2 Å². The van der Waals surface area contributed by atoms with Gasteiger partial charge in [0, 0.05) is 37.4 Å². The lowest BCUT2D eigenvalue weighted by Gasteiger charge is -2.27. The van der Waals surface area contributed by atoms with E-state index in [0.717, 1.165) is 19.4 Å². The molecule has 0 radical (unpaired) electrons. The highest BCUT2D eigenvalue weighted by atomic mass is 16.3. The summed E-state index contributed by atoms with van der Waals surface area (Å²) in [7, 11) is 1.63. The van der Waals surface area contributed by atoms with Crippen molar-refractivity contribution in [1.29, 1.82) is 0 Å². The molecule has 2 aliphatic rings. The fourth-order valence-corrected chi connectivity index (χ4v) is 3.97. The minimum Gasteiger partial charge on any atom is -0.396 e. The maximum atomic E-state index is 12.8. The molecule has 1 unspecified atom stereocenters. The van der Waals surface area contributed by atoms with E-state index in [1.165, 1.54) is 4.90 Å². The molecule has 0 aliphatic carbocycles. The summed E-state index contributed by atoms with van der Waals surface area (Å²) in [6.07, 6.45) is 5.79. The second-order valence-corrected chi connectivity index (χ2v) is 7.62. The molecule has 0 saturated carbocycles. The fraction of sp³-hybridized carbons (Fsp3) is 0.524. The second kappa shape index (κ2) is 8.43. The third kappa shape index (κ3) is 3.70. The van der Waals surface area contributed by atoms with E-state index in [0.29, 0.717) is 29.9 Å². The SMILES string of the molecule is C[C@@H](/C=C/CCO)[C@]1(O)C(=O)N(C)c2ccc(NC(=O)C3CCCNC3)cc21. The van der Waals surface area contributed by atoms with Gasteiger partial charge in [-0.15, -0.1) is 0 Å². The number of likely N-dealkylation sites (N-methyl/N-ethyl adjacent to an activating group) is 1. The summed E-state index contributed by atoms with van der Waals surface area (Å²) in [4.78, 5) is 26.8. The first-order valence-electron chi connectivity index (χ1n) is 9.83. The van der Waals surface area contributed by atoms with Crippen LogP contribution in [0, 0.1) is 11.8 Å². The number of carbonyl (C=O) groups is 2. The Morgan fingerprint density at radius 3 is 2.96 bits per heavy atom. The Hall–Kier alpha value is -2.22. The number of fused-ring (bicyclic) bond motifs is 1. The first-order chi connectivity index (χ1) is 13.4. The third-order valence-electron chi connectivity index (χ3n) is 5.71. The molecule has 3 atom stereocenters. The van der Waals surface area contributed by atoms with Crippen LogP contribution in [-0.2, 0) is 15.2 Å². The number of aliphatic hydroxyl groups is 2. The van der Waals surface area contributed by atoms with Gasteiger partial charge in [0.2, 0.25) is 5.91 Å².